The summed E-state index contributed by atoms with van der Waals surface area (Å²) in [6.07, 6.45) is 3.28. The fourth-order valence-electron chi connectivity index (χ4n) is 6.07. The van der Waals surface area contributed by atoms with Crippen LogP contribution >= 0.6 is 0 Å². The molecule has 3 amide bonds. The number of fused-ring (bicyclic) bond motifs is 1. The van der Waals surface area contributed by atoms with E-state index in [1.165, 1.54) is 5.56 Å². The molecule has 0 radical (unpaired) electrons. The van der Waals surface area contributed by atoms with Gasteiger partial charge in [0, 0.05) is 36.8 Å². The minimum absolute atomic E-state index is 0.0179. The lowest BCUT2D eigenvalue weighted by Gasteiger charge is -2.39. The molecule has 0 unspecified atom stereocenters. The molecule has 41 heavy (non-hydrogen) atoms. The minimum atomic E-state index is -0.239. The SMILES string of the molecule is CCOC(=O)N1CCC(c2ccc(C(=O)N3c4ccccc4[C@H](NC(=O)CCc4ccccc4)C[C@@H]3C)cc2)CC1. The van der Waals surface area contributed by atoms with Gasteiger partial charge in [0.25, 0.3) is 5.91 Å². The molecule has 1 saturated heterocycles. The van der Waals surface area contributed by atoms with Crippen LogP contribution in [0.3, 0.4) is 0 Å². The summed E-state index contributed by atoms with van der Waals surface area (Å²) in [5, 5.41) is 3.23. The van der Waals surface area contributed by atoms with E-state index in [9.17, 15) is 14.4 Å². The van der Waals surface area contributed by atoms with Crippen molar-refractivity contribution in [3.05, 3.63) is 101 Å². The highest BCUT2D eigenvalue weighted by atomic mass is 16.6. The Hall–Kier alpha value is -4.13. The summed E-state index contributed by atoms with van der Waals surface area (Å²) in [5.41, 5.74) is 4.79. The summed E-state index contributed by atoms with van der Waals surface area (Å²) in [5.74, 6) is 0.331. The van der Waals surface area contributed by atoms with Gasteiger partial charge in [-0.3, -0.25) is 9.59 Å². The molecule has 0 bridgehead atoms. The van der Waals surface area contributed by atoms with Crippen LogP contribution in [0.1, 0.15) is 78.5 Å². The molecule has 2 atom stereocenters. The van der Waals surface area contributed by atoms with Crippen molar-refractivity contribution in [1.29, 1.82) is 0 Å². The van der Waals surface area contributed by atoms with Crippen molar-refractivity contribution in [2.75, 3.05) is 24.6 Å². The zero-order valence-electron chi connectivity index (χ0n) is 23.9. The molecule has 2 aliphatic heterocycles. The molecule has 7 heteroatoms. The van der Waals surface area contributed by atoms with Crippen molar-refractivity contribution in [3.63, 3.8) is 0 Å². The van der Waals surface area contributed by atoms with Crippen LogP contribution in [-0.4, -0.2) is 48.5 Å². The third-order valence-electron chi connectivity index (χ3n) is 8.28. The summed E-state index contributed by atoms with van der Waals surface area (Å²) in [4.78, 5) is 42.3. The van der Waals surface area contributed by atoms with Gasteiger partial charge in [0.1, 0.15) is 0 Å². The van der Waals surface area contributed by atoms with Gasteiger partial charge in [-0.2, -0.15) is 0 Å². The number of aryl methyl sites for hydroxylation is 1. The maximum atomic E-state index is 13.8. The molecule has 5 rings (SSSR count). The topological polar surface area (TPSA) is 79.0 Å². The second-order valence-corrected chi connectivity index (χ2v) is 11.0. The van der Waals surface area contributed by atoms with Crippen LogP contribution in [-0.2, 0) is 16.0 Å². The van der Waals surface area contributed by atoms with Gasteiger partial charge >= 0.3 is 6.09 Å². The van der Waals surface area contributed by atoms with Gasteiger partial charge in [-0.1, -0.05) is 60.7 Å². The maximum Gasteiger partial charge on any atom is 0.409 e. The molecule has 1 N–H and O–H groups in total. The van der Waals surface area contributed by atoms with E-state index in [1.807, 2.05) is 97.6 Å². The van der Waals surface area contributed by atoms with E-state index >= 15 is 0 Å². The average molecular weight is 554 g/mol. The average Bonchev–Trinajstić information content (AvgIpc) is 3.01. The van der Waals surface area contributed by atoms with E-state index in [1.54, 1.807) is 4.90 Å². The molecule has 0 saturated carbocycles. The Labute approximate surface area is 242 Å². The van der Waals surface area contributed by atoms with E-state index in [0.29, 0.717) is 50.4 Å². The van der Waals surface area contributed by atoms with E-state index in [-0.39, 0.29) is 30.0 Å². The van der Waals surface area contributed by atoms with E-state index in [4.69, 9.17) is 4.74 Å². The van der Waals surface area contributed by atoms with Crippen LogP contribution in [0.4, 0.5) is 10.5 Å². The Balaban J connectivity index is 1.24. The Morgan fingerprint density at radius 1 is 0.902 bits per heavy atom. The molecule has 0 aromatic heterocycles. The van der Waals surface area contributed by atoms with Crippen molar-refractivity contribution in [2.45, 2.75) is 64.0 Å². The fraction of sp³-hybridized carbons (Fsp3) is 0.382. The van der Waals surface area contributed by atoms with Gasteiger partial charge in [-0.05, 0) is 80.3 Å². The van der Waals surface area contributed by atoms with Crippen molar-refractivity contribution >= 4 is 23.6 Å². The molecule has 2 heterocycles. The van der Waals surface area contributed by atoms with Gasteiger partial charge in [-0.15, -0.1) is 0 Å². The monoisotopic (exact) mass is 553 g/mol. The Morgan fingerprint density at radius 3 is 2.29 bits per heavy atom. The van der Waals surface area contributed by atoms with Crippen LogP contribution < -0.4 is 10.2 Å². The number of nitrogens with zero attached hydrogens (tertiary/aromatic N) is 2. The molecular formula is C34H39N3O4. The number of piperidine rings is 1. The van der Waals surface area contributed by atoms with Crippen LogP contribution in [0.2, 0.25) is 0 Å². The number of hydrogen-bond donors (Lipinski definition) is 1. The molecule has 3 aromatic carbocycles. The van der Waals surface area contributed by atoms with Crippen LogP contribution in [0, 0.1) is 0 Å². The van der Waals surface area contributed by atoms with Crippen molar-refractivity contribution in [3.8, 4) is 0 Å². The van der Waals surface area contributed by atoms with Gasteiger partial charge in [0.2, 0.25) is 5.91 Å². The molecule has 2 aliphatic rings. The normalized spacial score (nSPS) is 18.9. The van der Waals surface area contributed by atoms with Crippen LogP contribution in [0.5, 0.6) is 0 Å². The number of rotatable bonds is 7. The Bertz CT molecular complexity index is 1350. The first-order valence-corrected chi connectivity index (χ1v) is 14.7. The number of ether oxygens (including phenoxy) is 1. The molecular weight excluding hydrogens is 514 g/mol. The zero-order chi connectivity index (χ0) is 28.8. The highest BCUT2D eigenvalue weighted by Crippen LogP contribution is 2.38. The van der Waals surface area contributed by atoms with Gasteiger partial charge in [0.15, 0.2) is 0 Å². The number of anilines is 1. The number of likely N-dealkylation sites (tertiary alicyclic amines) is 1. The molecule has 3 aromatic rings. The van der Waals surface area contributed by atoms with Gasteiger partial charge < -0.3 is 19.9 Å². The maximum absolute atomic E-state index is 13.8. The van der Waals surface area contributed by atoms with Gasteiger partial charge in [-0.25, -0.2) is 4.79 Å². The summed E-state index contributed by atoms with van der Waals surface area (Å²) >= 11 is 0. The second kappa shape index (κ2) is 13.0. The summed E-state index contributed by atoms with van der Waals surface area (Å²) in [6.45, 7) is 5.61. The molecule has 1 fully saturated rings. The highest BCUT2D eigenvalue weighted by molar-refractivity contribution is 6.07. The Morgan fingerprint density at radius 2 is 1.59 bits per heavy atom. The van der Waals surface area contributed by atoms with Crippen molar-refractivity contribution < 1.29 is 19.1 Å². The van der Waals surface area contributed by atoms with E-state index < -0.39 is 0 Å². The van der Waals surface area contributed by atoms with Crippen LogP contribution in [0.15, 0.2) is 78.9 Å². The number of para-hydroxylation sites is 1. The first-order chi connectivity index (χ1) is 19.9. The lowest BCUT2D eigenvalue weighted by Crippen LogP contribution is -2.46. The summed E-state index contributed by atoms with van der Waals surface area (Å²) in [7, 11) is 0. The number of amides is 3. The minimum Gasteiger partial charge on any atom is -0.450 e. The van der Waals surface area contributed by atoms with Crippen LogP contribution in [0.25, 0.3) is 0 Å². The molecule has 214 valence electrons. The van der Waals surface area contributed by atoms with Crippen molar-refractivity contribution in [1.82, 2.24) is 10.2 Å². The third-order valence-corrected chi connectivity index (χ3v) is 8.28. The predicted molar refractivity (Wildman–Crippen MR) is 160 cm³/mol. The number of benzene rings is 3. The first-order valence-electron chi connectivity index (χ1n) is 14.7. The third kappa shape index (κ3) is 6.62. The lowest BCUT2D eigenvalue weighted by atomic mass is 9.88. The smallest absolute Gasteiger partial charge is 0.409 e. The first kappa shape index (κ1) is 28.4. The standard InChI is InChI=1S/C34H39N3O4/c1-3-41-34(40)36-21-19-27(20-22-36)26-14-16-28(17-15-26)33(39)37-24(2)23-30(29-11-7-8-12-31(29)37)35-32(38)18-13-25-9-5-4-6-10-25/h4-12,14-17,24,27,30H,3,13,18-23H2,1-2H3,(H,35,38)/t24-,30+/m0/s1. The predicted octanol–water partition coefficient (Wildman–Crippen LogP) is 6.25. The number of hydrogen-bond acceptors (Lipinski definition) is 4. The molecule has 7 nitrogen and oxygen atoms in total. The number of nitrogens with one attached hydrogen (secondary N) is 1. The largest absolute Gasteiger partial charge is 0.450 e. The summed E-state index contributed by atoms with van der Waals surface area (Å²) < 4.78 is 5.13. The quantitative estimate of drug-likeness (QED) is 0.375. The van der Waals surface area contributed by atoms with Crippen molar-refractivity contribution in [2.24, 2.45) is 0 Å². The highest BCUT2D eigenvalue weighted by Gasteiger charge is 2.35. The van der Waals surface area contributed by atoms with E-state index in [0.717, 1.165) is 29.7 Å². The molecule has 0 spiro atoms. The lowest BCUT2D eigenvalue weighted by molar-refractivity contribution is -0.121. The fourth-order valence-corrected chi connectivity index (χ4v) is 6.07. The van der Waals surface area contributed by atoms with Gasteiger partial charge in [0.05, 0.1) is 12.6 Å². The number of carbonyl (C=O) groups excluding carboxylic acids is 3. The number of carbonyl (C=O) groups is 3. The van der Waals surface area contributed by atoms with E-state index in [2.05, 4.69) is 5.32 Å². The Kier molecular flexibility index (Phi) is 9.02. The summed E-state index contributed by atoms with van der Waals surface area (Å²) in [6, 6.07) is 25.6. The molecule has 0 aliphatic carbocycles. The zero-order valence-corrected chi connectivity index (χ0v) is 23.9. The second-order valence-electron chi connectivity index (χ2n) is 11.0.